The molecule has 1 unspecified atom stereocenters. The number of ether oxygens (including phenoxy) is 2. The number of rotatable bonds is 12. The van der Waals surface area contributed by atoms with Crippen LogP contribution in [0.3, 0.4) is 0 Å². The van der Waals surface area contributed by atoms with Crippen molar-refractivity contribution < 1.29 is 14.6 Å². The third-order valence-corrected chi connectivity index (χ3v) is 5.78. The number of nitrogens with zero attached hydrogens (tertiary/aromatic N) is 1. The summed E-state index contributed by atoms with van der Waals surface area (Å²) >= 11 is 0. The molecule has 2 atom stereocenters. The van der Waals surface area contributed by atoms with E-state index in [-0.39, 0.29) is 17.9 Å². The molecule has 1 aromatic carbocycles. The summed E-state index contributed by atoms with van der Waals surface area (Å²) < 4.78 is 12.0. The molecule has 0 bridgehead atoms. The van der Waals surface area contributed by atoms with E-state index in [0.717, 1.165) is 36.3 Å². The molecule has 0 aromatic heterocycles. The molecule has 0 radical (unpaired) electrons. The van der Waals surface area contributed by atoms with E-state index in [9.17, 15) is 5.11 Å². The first-order valence-electron chi connectivity index (χ1n) is 11.4. The van der Waals surface area contributed by atoms with Gasteiger partial charge in [0.15, 0.2) is 23.2 Å². The van der Waals surface area contributed by atoms with Gasteiger partial charge in [0, 0.05) is 12.0 Å². The summed E-state index contributed by atoms with van der Waals surface area (Å²) in [7, 11) is 1.90. The fourth-order valence-electron chi connectivity index (χ4n) is 3.68. The Balaban J connectivity index is 1.53. The Morgan fingerprint density at radius 3 is 2.87 bits per heavy atom. The number of phenols is 1. The minimum Gasteiger partial charge on any atom is -0.592 e. The van der Waals surface area contributed by atoms with Crippen molar-refractivity contribution in [3.05, 3.63) is 59.7 Å². The summed E-state index contributed by atoms with van der Waals surface area (Å²) in [6.07, 6.45) is 13.7. The summed E-state index contributed by atoms with van der Waals surface area (Å²) in [6.45, 7) is 6.91. The third-order valence-electron chi connectivity index (χ3n) is 5.78. The van der Waals surface area contributed by atoms with Crippen LogP contribution < -0.4 is 10.1 Å². The van der Waals surface area contributed by atoms with Crippen LogP contribution >= 0.6 is 0 Å². The Hall–Kier alpha value is -2.53. The van der Waals surface area contributed by atoms with Crippen molar-refractivity contribution in [1.82, 2.24) is 5.32 Å². The molecule has 3 rings (SSSR count). The van der Waals surface area contributed by atoms with E-state index in [2.05, 4.69) is 49.7 Å². The van der Waals surface area contributed by atoms with Gasteiger partial charge in [-0.15, -0.1) is 4.99 Å². The molecule has 0 fully saturated rings. The topological polar surface area (TPSA) is 63.1 Å². The molecule has 168 valence electrons. The van der Waals surface area contributed by atoms with Gasteiger partial charge in [-0.25, -0.2) is 0 Å². The highest BCUT2D eigenvalue weighted by atomic mass is 16.5. The summed E-state index contributed by atoms with van der Waals surface area (Å²) in [5.74, 6) is 3.36. The number of hydrogen-bond donors (Lipinski definition) is 2. The average molecular weight is 425 g/mol. The second kappa shape index (κ2) is 11.2. The van der Waals surface area contributed by atoms with Gasteiger partial charge in [0.05, 0.1) is 0 Å². The molecule has 0 amide bonds. The Morgan fingerprint density at radius 2 is 2.16 bits per heavy atom. The lowest BCUT2D eigenvalue weighted by Crippen LogP contribution is -2.32. The van der Waals surface area contributed by atoms with Gasteiger partial charge >= 0.3 is 0 Å². The predicted molar refractivity (Wildman–Crippen MR) is 126 cm³/mol. The third kappa shape index (κ3) is 6.47. The molecule has 5 heteroatoms. The lowest BCUT2D eigenvalue weighted by atomic mass is 9.97. The Kier molecular flexibility index (Phi) is 8.35. The maximum Gasteiger partial charge on any atom is 0.196 e. The second-order valence-electron chi connectivity index (χ2n) is 8.56. The van der Waals surface area contributed by atoms with Gasteiger partial charge in [-0.3, -0.25) is 5.32 Å². The molecule has 0 spiro atoms. The number of unbranched alkanes of at least 4 members (excludes halogenated alkanes) is 1. The lowest BCUT2D eigenvalue weighted by molar-refractivity contribution is 0.147. The number of aromatic hydroxyl groups is 1. The van der Waals surface area contributed by atoms with Gasteiger partial charge in [-0.05, 0) is 51.4 Å². The number of phenolic OH excluding ortho intramolecular Hbond substituents is 1. The maximum absolute atomic E-state index is 10.3. The van der Waals surface area contributed by atoms with E-state index in [1.165, 1.54) is 18.8 Å². The molecule has 2 heterocycles. The smallest absolute Gasteiger partial charge is 0.196 e. The lowest BCUT2D eigenvalue weighted by Gasteiger charge is -2.21. The number of aryl methyl sites for hydroxylation is 1. The van der Waals surface area contributed by atoms with Crippen molar-refractivity contribution >= 4 is 6.21 Å². The molecule has 31 heavy (non-hydrogen) atoms. The molecule has 2 aliphatic heterocycles. The average Bonchev–Trinajstić information content (AvgIpc) is 3.43. The quantitative estimate of drug-likeness (QED) is 0.455. The van der Waals surface area contributed by atoms with Crippen molar-refractivity contribution in [3.8, 4) is 11.5 Å². The normalized spacial score (nSPS) is 18.6. The summed E-state index contributed by atoms with van der Waals surface area (Å²) in [6, 6.07) is 5.53. The fourth-order valence-corrected chi connectivity index (χ4v) is 3.68. The Bertz CT molecular complexity index is 813. The van der Waals surface area contributed by atoms with E-state index in [4.69, 9.17) is 9.47 Å². The van der Waals surface area contributed by atoms with Crippen molar-refractivity contribution in [3.63, 3.8) is 0 Å². The fraction of sp³-hybridized carbons (Fsp3) is 0.500. The minimum atomic E-state index is -0.0387. The number of hydrogen-bond acceptors (Lipinski definition) is 5. The molecule has 2 N–H and O–H groups in total. The largest absolute Gasteiger partial charge is 0.592 e. The van der Waals surface area contributed by atoms with Crippen LogP contribution in [-0.4, -0.2) is 37.1 Å². The highest BCUT2D eigenvalue weighted by Crippen LogP contribution is 2.30. The van der Waals surface area contributed by atoms with Crippen LogP contribution in [0, 0.1) is 18.3 Å². The van der Waals surface area contributed by atoms with Gasteiger partial charge < -0.3 is 14.6 Å². The van der Waals surface area contributed by atoms with Crippen molar-refractivity contribution in [2.24, 2.45) is 10.9 Å². The highest BCUT2D eigenvalue weighted by molar-refractivity contribution is 5.83. The van der Waals surface area contributed by atoms with Crippen LogP contribution in [0.15, 0.2) is 46.8 Å². The number of nitrogens with one attached hydrogen (secondary N) is 1. The first-order chi connectivity index (χ1) is 15.0. The molecule has 2 aliphatic rings. The molecule has 0 saturated heterocycles. The van der Waals surface area contributed by atoms with Crippen LogP contribution in [-0.2, 0) is 11.2 Å². The first-order valence-corrected chi connectivity index (χ1v) is 11.4. The van der Waals surface area contributed by atoms with Gasteiger partial charge in [0.25, 0.3) is 0 Å². The predicted octanol–water partition coefficient (Wildman–Crippen LogP) is 5.17. The van der Waals surface area contributed by atoms with Crippen LogP contribution in [0.2, 0.25) is 0 Å². The van der Waals surface area contributed by atoms with Crippen LogP contribution in [0.5, 0.6) is 11.5 Å². The summed E-state index contributed by atoms with van der Waals surface area (Å²) in [4.78, 5) is 4.53. The number of likely N-dealkylation sites (N-methyl/N-ethyl adjacent to an activating group) is 1. The number of aliphatic imine (C=N–C) groups is 1. The van der Waals surface area contributed by atoms with Gasteiger partial charge in [0.1, 0.15) is 24.8 Å². The van der Waals surface area contributed by atoms with E-state index in [0.29, 0.717) is 18.3 Å². The number of allylic oxidation sites excluding steroid dienone is 2. The highest BCUT2D eigenvalue weighted by Gasteiger charge is 2.30. The van der Waals surface area contributed by atoms with E-state index >= 15 is 0 Å². The molecular weight excluding hydrogens is 388 g/mol. The Morgan fingerprint density at radius 1 is 1.32 bits per heavy atom. The van der Waals surface area contributed by atoms with Crippen molar-refractivity contribution in [2.45, 2.75) is 65.0 Å². The van der Waals surface area contributed by atoms with E-state index in [1.54, 1.807) is 6.07 Å². The minimum absolute atomic E-state index is 0.0387. The zero-order valence-corrected chi connectivity index (χ0v) is 19.2. The van der Waals surface area contributed by atoms with Crippen molar-refractivity contribution in [1.29, 1.82) is 0 Å². The van der Waals surface area contributed by atoms with Crippen molar-refractivity contribution in [2.75, 3.05) is 13.7 Å². The monoisotopic (exact) mass is 424 g/mol. The molecule has 5 nitrogen and oxygen atoms in total. The molecule has 1 aromatic rings. The standard InChI is InChI=1S/C26H36N2O3/c1-5-6-7-21-11-12-22(31-21)10-8-19-9-13-25(29)26(14-19)30-17-24(27-4)23-15-20(16-28-23)18(2)3/h9,11-16,18,21,24,27,29H,5-8,10,17H2,1-4H3/t21?,24-/m0/s1. The van der Waals surface area contributed by atoms with E-state index < -0.39 is 0 Å². The molecule has 0 aliphatic carbocycles. The van der Waals surface area contributed by atoms with Crippen LogP contribution in [0.4, 0.5) is 0 Å². The van der Waals surface area contributed by atoms with Gasteiger partial charge in [-0.1, -0.05) is 38.0 Å². The zero-order valence-electron chi connectivity index (χ0n) is 19.2. The Labute approximate surface area is 187 Å². The van der Waals surface area contributed by atoms with Crippen LogP contribution in [0.25, 0.3) is 0 Å². The number of benzene rings is 1. The van der Waals surface area contributed by atoms with Crippen LogP contribution in [0.1, 0.15) is 52.0 Å². The molecular formula is C26H36N2O3. The SMILES string of the molecule is CCCCC1[CH-]C=C(CCc2ccc(O)c(OC[C@H](NC)C3=C[C+](C(C)C)C=N3)c2)O1. The van der Waals surface area contributed by atoms with E-state index in [1.807, 2.05) is 25.4 Å². The first kappa shape index (κ1) is 23.1. The van der Waals surface area contributed by atoms with Gasteiger partial charge in [-0.2, -0.15) is 12.5 Å². The summed E-state index contributed by atoms with van der Waals surface area (Å²) in [5, 5.41) is 13.5. The second-order valence-corrected chi connectivity index (χ2v) is 8.56. The molecule has 0 saturated carbocycles. The zero-order chi connectivity index (χ0) is 22.2. The summed E-state index contributed by atoms with van der Waals surface area (Å²) in [5.41, 5.74) is 2.07. The maximum atomic E-state index is 10.3. The van der Waals surface area contributed by atoms with Gasteiger partial charge in [0.2, 0.25) is 0 Å².